The van der Waals surface area contributed by atoms with Gasteiger partial charge in [-0.1, -0.05) is 29.8 Å². The molecule has 0 saturated heterocycles. The van der Waals surface area contributed by atoms with E-state index in [1.54, 1.807) is 0 Å². The summed E-state index contributed by atoms with van der Waals surface area (Å²) in [5, 5.41) is 6.67. The SMILES string of the molecule is CNCCCC(=O)NCCc1ccccc1Cl.Cl. The van der Waals surface area contributed by atoms with E-state index in [2.05, 4.69) is 10.6 Å². The lowest BCUT2D eigenvalue weighted by atomic mass is 10.1. The van der Waals surface area contributed by atoms with E-state index in [-0.39, 0.29) is 18.3 Å². The van der Waals surface area contributed by atoms with Crippen molar-refractivity contribution in [3.05, 3.63) is 34.9 Å². The van der Waals surface area contributed by atoms with Crippen molar-refractivity contribution in [1.29, 1.82) is 0 Å². The maximum absolute atomic E-state index is 11.4. The topological polar surface area (TPSA) is 41.1 Å². The summed E-state index contributed by atoms with van der Waals surface area (Å²) < 4.78 is 0. The normalized spacial score (nSPS) is 9.67. The van der Waals surface area contributed by atoms with Gasteiger partial charge >= 0.3 is 0 Å². The number of hydrogen-bond donors (Lipinski definition) is 2. The molecule has 0 aliphatic carbocycles. The van der Waals surface area contributed by atoms with Crippen LogP contribution >= 0.6 is 24.0 Å². The molecule has 0 bridgehead atoms. The van der Waals surface area contributed by atoms with Gasteiger partial charge < -0.3 is 10.6 Å². The van der Waals surface area contributed by atoms with Gasteiger partial charge in [-0.3, -0.25) is 4.79 Å². The summed E-state index contributed by atoms with van der Waals surface area (Å²) in [6.07, 6.45) is 2.22. The quantitative estimate of drug-likeness (QED) is 0.758. The average Bonchev–Trinajstić information content (AvgIpc) is 2.32. The van der Waals surface area contributed by atoms with Crippen LogP contribution < -0.4 is 10.6 Å². The largest absolute Gasteiger partial charge is 0.356 e. The molecule has 0 spiro atoms. The second-order valence-corrected chi connectivity index (χ2v) is 4.31. The van der Waals surface area contributed by atoms with Crippen LogP contribution in [0.1, 0.15) is 18.4 Å². The van der Waals surface area contributed by atoms with Crippen LogP contribution in [0.2, 0.25) is 5.02 Å². The zero-order valence-electron chi connectivity index (χ0n) is 10.5. The molecule has 0 radical (unpaired) electrons. The first kappa shape index (κ1) is 17.2. The predicted octanol–water partition coefficient (Wildman–Crippen LogP) is 2.42. The van der Waals surface area contributed by atoms with Crippen molar-refractivity contribution in [2.75, 3.05) is 20.1 Å². The van der Waals surface area contributed by atoms with Gasteiger partial charge in [0.2, 0.25) is 5.91 Å². The van der Waals surface area contributed by atoms with Crippen molar-refractivity contribution in [1.82, 2.24) is 10.6 Å². The van der Waals surface area contributed by atoms with E-state index < -0.39 is 0 Å². The molecule has 102 valence electrons. The third-order valence-corrected chi connectivity index (χ3v) is 2.87. The van der Waals surface area contributed by atoms with Gasteiger partial charge in [-0.05, 0) is 38.1 Å². The Hall–Kier alpha value is -0.770. The molecule has 1 amide bonds. The van der Waals surface area contributed by atoms with Crippen LogP contribution in [0.25, 0.3) is 0 Å². The molecule has 1 aromatic carbocycles. The van der Waals surface area contributed by atoms with E-state index in [1.165, 1.54) is 0 Å². The molecule has 2 N–H and O–H groups in total. The number of carbonyl (C=O) groups is 1. The molecule has 18 heavy (non-hydrogen) atoms. The number of hydrogen-bond acceptors (Lipinski definition) is 2. The number of halogens is 2. The molecular weight excluding hydrogens is 271 g/mol. The Kier molecular flexibility index (Phi) is 9.74. The van der Waals surface area contributed by atoms with Gasteiger partial charge in [-0.25, -0.2) is 0 Å². The number of carbonyl (C=O) groups excluding carboxylic acids is 1. The Morgan fingerprint density at radius 1 is 1.28 bits per heavy atom. The van der Waals surface area contributed by atoms with Crippen LogP contribution in [0, 0.1) is 0 Å². The highest BCUT2D eigenvalue weighted by Gasteiger charge is 2.02. The zero-order valence-corrected chi connectivity index (χ0v) is 12.1. The number of nitrogens with one attached hydrogen (secondary N) is 2. The van der Waals surface area contributed by atoms with Gasteiger partial charge in [-0.15, -0.1) is 12.4 Å². The van der Waals surface area contributed by atoms with E-state index in [0.717, 1.165) is 30.0 Å². The number of benzene rings is 1. The van der Waals surface area contributed by atoms with E-state index in [0.29, 0.717) is 13.0 Å². The molecule has 0 aromatic heterocycles. The van der Waals surface area contributed by atoms with Crippen LogP contribution in [-0.2, 0) is 11.2 Å². The van der Waals surface area contributed by atoms with Crippen molar-refractivity contribution in [2.24, 2.45) is 0 Å². The first-order chi connectivity index (χ1) is 8.24. The van der Waals surface area contributed by atoms with Crippen molar-refractivity contribution < 1.29 is 4.79 Å². The van der Waals surface area contributed by atoms with Crippen molar-refractivity contribution >= 4 is 29.9 Å². The Morgan fingerprint density at radius 3 is 2.67 bits per heavy atom. The molecular formula is C13H20Cl2N2O. The summed E-state index contributed by atoms with van der Waals surface area (Å²) in [5.74, 6) is 0.104. The van der Waals surface area contributed by atoms with Crippen LogP contribution in [-0.4, -0.2) is 26.0 Å². The second-order valence-electron chi connectivity index (χ2n) is 3.90. The minimum Gasteiger partial charge on any atom is -0.356 e. The first-order valence-electron chi connectivity index (χ1n) is 5.88. The molecule has 0 atom stereocenters. The molecule has 1 rings (SSSR count). The fourth-order valence-corrected chi connectivity index (χ4v) is 1.78. The summed E-state index contributed by atoms with van der Waals surface area (Å²) in [6.45, 7) is 1.51. The summed E-state index contributed by atoms with van der Waals surface area (Å²) in [4.78, 5) is 11.4. The maximum atomic E-state index is 11.4. The summed E-state index contributed by atoms with van der Waals surface area (Å²) in [5.41, 5.74) is 1.07. The van der Waals surface area contributed by atoms with Crippen molar-refractivity contribution in [2.45, 2.75) is 19.3 Å². The Labute approximate surface area is 120 Å². The molecule has 0 unspecified atom stereocenters. The van der Waals surface area contributed by atoms with Gasteiger partial charge in [-0.2, -0.15) is 0 Å². The number of amides is 1. The molecule has 1 aromatic rings. The molecule has 0 heterocycles. The van der Waals surface area contributed by atoms with Crippen LogP contribution in [0.4, 0.5) is 0 Å². The minimum absolute atomic E-state index is 0. The monoisotopic (exact) mass is 290 g/mol. The average molecular weight is 291 g/mol. The molecule has 0 fully saturated rings. The van der Waals surface area contributed by atoms with Crippen molar-refractivity contribution in [3.8, 4) is 0 Å². The highest BCUT2D eigenvalue weighted by molar-refractivity contribution is 6.31. The van der Waals surface area contributed by atoms with E-state index in [1.807, 2.05) is 31.3 Å². The summed E-state index contributed by atoms with van der Waals surface area (Å²) >= 11 is 6.02. The summed E-state index contributed by atoms with van der Waals surface area (Å²) in [7, 11) is 1.88. The van der Waals surface area contributed by atoms with Crippen LogP contribution in [0.5, 0.6) is 0 Å². The zero-order chi connectivity index (χ0) is 12.5. The fraction of sp³-hybridized carbons (Fsp3) is 0.462. The van der Waals surface area contributed by atoms with Crippen molar-refractivity contribution in [3.63, 3.8) is 0 Å². The van der Waals surface area contributed by atoms with E-state index in [9.17, 15) is 4.79 Å². The Bertz CT molecular complexity index is 359. The minimum atomic E-state index is 0. The molecule has 0 saturated carbocycles. The Balaban J connectivity index is 0.00000289. The standard InChI is InChI=1S/C13H19ClN2O.ClH/c1-15-9-4-7-13(17)16-10-8-11-5-2-3-6-12(11)14;/h2-3,5-6,15H,4,7-10H2,1H3,(H,16,17);1H. The lowest BCUT2D eigenvalue weighted by Crippen LogP contribution is -2.26. The van der Waals surface area contributed by atoms with Crippen LogP contribution in [0.3, 0.4) is 0 Å². The van der Waals surface area contributed by atoms with Gasteiger partial charge in [0.25, 0.3) is 0 Å². The lowest BCUT2D eigenvalue weighted by molar-refractivity contribution is -0.121. The Morgan fingerprint density at radius 2 is 2.00 bits per heavy atom. The van der Waals surface area contributed by atoms with E-state index >= 15 is 0 Å². The second kappa shape index (κ2) is 10.2. The predicted molar refractivity (Wildman–Crippen MR) is 78.6 cm³/mol. The summed E-state index contributed by atoms with van der Waals surface area (Å²) in [6, 6.07) is 7.71. The molecule has 5 heteroatoms. The first-order valence-corrected chi connectivity index (χ1v) is 6.26. The molecule has 0 aliphatic heterocycles. The van der Waals surface area contributed by atoms with Crippen LogP contribution in [0.15, 0.2) is 24.3 Å². The fourth-order valence-electron chi connectivity index (χ4n) is 1.55. The van der Waals surface area contributed by atoms with Gasteiger partial charge in [0.1, 0.15) is 0 Å². The number of rotatable bonds is 7. The van der Waals surface area contributed by atoms with Gasteiger partial charge in [0, 0.05) is 18.0 Å². The third kappa shape index (κ3) is 6.84. The third-order valence-electron chi connectivity index (χ3n) is 2.50. The molecule has 3 nitrogen and oxygen atoms in total. The lowest BCUT2D eigenvalue weighted by Gasteiger charge is -2.06. The van der Waals surface area contributed by atoms with Gasteiger partial charge in [0.15, 0.2) is 0 Å². The highest BCUT2D eigenvalue weighted by Crippen LogP contribution is 2.14. The smallest absolute Gasteiger partial charge is 0.220 e. The van der Waals surface area contributed by atoms with E-state index in [4.69, 9.17) is 11.6 Å². The maximum Gasteiger partial charge on any atom is 0.220 e. The molecule has 0 aliphatic rings. The highest BCUT2D eigenvalue weighted by atomic mass is 35.5. The van der Waals surface area contributed by atoms with Gasteiger partial charge in [0.05, 0.1) is 0 Å².